The highest BCUT2D eigenvalue weighted by atomic mass is 16.5. The van der Waals surface area contributed by atoms with E-state index in [9.17, 15) is 4.79 Å². The molecule has 1 atom stereocenters. The molecule has 1 heterocycles. The van der Waals surface area contributed by atoms with E-state index in [2.05, 4.69) is 13.0 Å². The molecule has 2 N–H and O–H groups in total. The summed E-state index contributed by atoms with van der Waals surface area (Å²) in [6.07, 6.45) is 3.33. The van der Waals surface area contributed by atoms with Gasteiger partial charge in [0.2, 0.25) is 5.91 Å². The van der Waals surface area contributed by atoms with Gasteiger partial charge in [0, 0.05) is 13.1 Å². The Morgan fingerprint density at radius 2 is 2.26 bits per heavy atom. The molecule has 0 saturated heterocycles. The number of amides is 1. The number of fused-ring (bicyclic) bond motifs is 1. The van der Waals surface area contributed by atoms with Crippen molar-refractivity contribution in [1.82, 2.24) is 0 Å². The summed E-state index contributed by atoms with van der Waals surface area (Å²) < 4.78 is 5.60. The molecule has 104 valence electrons. The minimum absolute atomic E-state index is 0.0983. The zero-order chi connectivity index (χ0) is 13.8. The van der Waals surface area contributed by atoms with E-state index in [1.165, 1.54) is 5.56 Å². The molecular weight excluding hydrogens is 240 g/mol. The van der Waals surface area contributed by atoms with Crippen molar-refractivity contribution < 1.29 is 9.53 Å². The van der Waals surface area contributed by atoms with Gasteiger partial charge in [0.15, 0.2) is 0 Å². The third kappa shape index (κ3) is 3.26. The van der Waals surface area contributed by atoms with Gasteiger partial charge in [-0.05, 0) is 37.0 Å². The van der Waals surface area contributed by atoms with Gasteiger partial charge in [-0.1, -0.05) is 13.0 Å². The molecule has 1 aromatic carbocycles. The van der Waals surface area contributed by atoms with Crippen LogP contribution in [-0.4, -0.2) is 25.6 Å². The van der Waals surface area contributed by atoms with Crippen LogP contribution in [0.3, 0.4) is 0 Å². The van der Waals surface area contributed by atoms with Crippen LogP contribution in [0, 0.1) is 0 Å². The number of nitrogens with two attached hydrogens (primary N) is 1. The molecule has 0 radical (unpaired) electrons. The molecule has 1 unspecified atom stereocenters. The van der Waals surface area contributed by atoms with Crippen LogP contribution in [0.2, 0.25) is 0 Å². The maximum atomic E-state index is 11.8. The van der Waals surface area contributed by atoms with Gasteiger partial charge in [-0.2, -0.15) is 0 Å². The van der Waals surface area contributed by atoms with Crippen LogP contribution in [0.4, 0.5) is 5.69 Å². The maximum absolute atomic E-state index is 11.8. The smallest absolute Gasteiger partial charge is 0.230 e. The van der Waals surface area contributed by atoms with Crippen molar-refractivity contribution in [3.05, 3.63) is 23.8 Å². The molecule has 1 aliphatic rings. The van der Waals surface area contributed by atoms with E-state index in [4.69, 9.17) is 10.5 Å². The molecule has 4 heteroatoms. The highest BCUT2D eigenvalue weighted by Gasteiger charge is 2.20. The number of nitrogens with zero attached hydrogens (tertiary/aromatic N) is 1. The van der Waals surface area contributed by atoms with Crippen molar-refractivity contribution in [1.29, 1.82) is 0 Å². The Bertz CT molecular complexity index is 459. The second-order valence-corrected chi connectivity index (χ2v) is 5.06. The Morgan fingerprint density at radius 3 is 3.00 bits per heavy atom. The lowest BCUT2D eigenvalue weighted by Crippen LogP contribution is -2.25. The molecule has 1 aliphatic heterocycles. The Kier molecular flexibility index (Phi) is 4.43. The number of hydrogen-bond donors (Lipinski definition) is 1. The second kappa shape index (κ2) is 6.06. The van der Waals surface area contributed by atoms with Gasteiger partial charge in [-0.25, -0.2) is 0 Å². The predicted molar refractivity (Wildman–Crippen MR) is 76.6 cm³/mol. The van der Waals surface area contributed by atoms with Gasteiger partial charge >= 0.3 is 0 Å². The molecule has 1 aromatic rings. The van der Waals surface area contributed by atoms with Crippen LogP contribution in [0.5, 0.6) is 5.75 Å². The average Bonchev–Trinajstić information content (AvgIpc) is 2.57. The number of rotatable bonds is 4. The van der Waals surface area contributed by atoms with E-state index in [1.54, 1.807) is 11.9 Å². The average molecular weight is 262 g/mol. The Balaban J connectivity index is 2.17. The number of carbonyl (C=O) groups excluding carboxylic acids is 1. The normalized spacial score (nSPS) is 16.6. The summed E-state index contributed by atoms with van der Waals surface area (Å²) >= 11 is 0. The summed E-state index contributed by atoms with van der Waals surface area (Å²) in [6, 6.07) is 6.30. The third-order valence-corrected chi connectivity index (χ3v) is 3.66. The van der Waals surface area contributed by atoms with Crippen LogP contribution >= 0.6 is 0 Å². The number of benzene rings is 1. The van der Waals surface area contributed by atoms with E-state index in [0.29, 0.717) is 13.0 Å². The number of ether oxygens (including phenoxy) is 1. The zero-order valence-corrected chi connectivity index (χ0v) is 11.7. The largest absolute Gasteiger partial charge is 0.491 e. The summed E-state index contributed by atoms with van der Waals surface area (Å²) in [4.78, 5) is 13.5. The van der Waals surface area contributed by atoms with Crippen molar-refractivity contribution in [2.24, 2.45) is 5.73 Å². The molecule has 2 rings (SSSR count). The van der Waals surface area contributed by atoms with Gasteiger partial charge in [0.05, 0.1) is 18.7 Å². The van der Waals surface area contributed by atoms with E-state index < -0.39 is 0 Å². The lowest BCUT2D eigenvalue weighted by Gasteiger charge is -2.17. The monoisotopic (exact) mass is 262 g/mol. The predicted octanol–water partition coefficient (Wildman–Crippen LogP) is 2.10. The van der Waals surface area contributed by atoms with E-state index in [1.807, 2.05) is 12.1 Å². The molecule has 1 amide bonds. The van der Waals surface area contributed by atoms with Gasteiger partial charge in [0.1, 0.15) is 5.75 Å². The SMILES string of the molecule is CCC(N)CCc1ccc2c(c1)N(C)C(=O)CCO2. The maximum Gasteiger partial charge on any atom is 0.230 e. The fourth-order valence-corrected chi connectivity index (χ4v) is 2.21. The molecule has 0 aromatic heterocycles. The van der Waals surface area contributed by atoms with Crippen LogP contribution in [0.25, 0.3) is 0 Å². The fraction of sp³-hybridized carbons (Fsp3) is 0.533. The Morgan fingerprint density at radius 1 is 1.47 bits per heavy atom. The lowest BCUT2D eigenvalue weighted by atomic mass is 10.0. The fourth-order valence-electron chi connectivity index (χ4n) is 2.21. The van der Waals surface area contributed by atoms with Gasteiger partial charge in [-0.15, -0.1) is 0 Å². The van der Waals surface area contributed by atoms with Crippen LogP contribution < -0.4 is 15.4 Å². The van der Waals surface area contributed by atoms with Gasteiger partial charge < -0.3 is 15.4 Å². The molecular formula is C15H22N2O2. The van der Waals surface area contributed by atoms with Crippen LogP contribution in [0.1, 0.15) is 31.7 Å². The first kappa shape index (κ1) is 13.9. The van der Waals surface area contributed by atoms with Crippen LogP contribution in [-0.2, 0) is 11.2 Å². The van der Waals surface area contributed by atoms with E-state index in [-0.39, 0.29) is 11.9 Å². The van der Waals surface area contributed by atoms with Gasteiger partial charge in [0.25, 0.3) is 0 Å². The van der Waals surface area contributed by atoms with Crippen LogP contribution in [0.15, 0.2) is 18.2 Å². The zero-order valence-electron chi connectivity index (χ0n) is 11.7. The first-order chi connectivity index (χ1) is 9.11. The molecule has 0 aliphatic carbocycles. The molecule has 0 bridgehead atoms. The second-order valence-electron chi connectivity index (χ2n) is 5.06. The summed E-state index contributed by atoms with van der Waals surface area (Å²) in [6.45, 7) is 2.55. The third-order valence-electron chi connectivity index (χ3n) is 3.66. The van der Waals surface area contributed by atoms with E-state index in [0.717, 1.165) is 30.7 Å². The van der Waals surface area contributed by atoms with Gasteiger partial charge in [-0.3, -0.25) is 4.79 Å². The minimum Gasteiger partial charge on any atom is -0.491 e. The molecule has 0 saturated carbocycles. The first-order valence-corrected chi connectivity index (χ1v) is 6.89. The topological polar surface area (TPSA) is 55.6 Å². The summed E-state index contributed by atoms with van der Waals surface area (Å²) in [5.41, 5.74) is 8.01. The first-order valence-electron chi connectivity index (χ1n) is 6.89. The Labute approximate surface area is 114 Å². The standard InChI is InChI=1S/C15H22N2O2/c1-3-12(16)6-4-11-5-7-14-13(10-11)17(2)15(18)8-9-19-14/h5,7,10,12H,3-4,6,8-9,16H2,1-2H3. The van der Waals surface area contributed by atoms with Crippen molar-refractivity contribution in [3.8, 4) is 5.75 Å². The highest BCUT2D eigenvalue weighted by molar-refractivity contribution is 5.95. The summed E-state index contributed by atoms with van der Waals surface area (Å²) in [5.74, 6) is 0.887. The number of carbonyl (C=O) groups is 1. The summed E-state index contributed by atoms with van der Waals surface area (Å²) in [5, 5.41) is 0. The molecule has 19 heavy (non-hydrogen) atoms. The Hall–Kier alpha value is -1.55. The highest BCUT2D eigenvalue weighted by Crippen LogP contribution is 2.31. The van der Waals surface area contributed by atoms with Crippen molar-refractivity contribution in [2.75, 3.05) is 18.6 Å². The molecule has 4 nitrogen and oxygen atoms in total. The van der Waals surface area contributed by atoms with Crippen molar-refractivity contribution in [2.45, 2.75) is 38.6 Å². The van der Waals surface area contributed by atoms with Crippen molar-refractivity contribution >= 4 is 11.6 Å². The summed E-state index contributed by atoms with van der Waals surface area (Å²) in [7, 11) is 1.80. The number of aryl methyl sites for hydroxylation is 1. The van der Waals surface area contributed by atoms with Crippen molar-refractivity contribution in [3.63, 3.8) is 0 Å². The molecule has 0 fully saturated rings. The number of hydrogen-bond acceptors (Lipinski definition) is 3. The number of anilines is 1. The minimum atomic E-state index is 0.0983. The lowest BCUT2D eigenvalue weighted by molar-refractivity contribution is -0.118. The quantitative estimate of drug-likeness (QED) is 0.904. The molecule has 0 spiro atoms. The van der Waals surface area contributed by atoms with E-state index >= 15 is 0 Å².